The van der Waals surface area contributed by atoms with Crippen LogP contribution in [-0.4, -0.2) is 12.5 Å². The van der Waals surface area contributed by atoms with Crippen molar-refractivity contribution in [1.29, 1.82) is 0 Å². The number of carbonyl (C=O) groups is 1. The molecule has 0 saturated carbocycles. The van der Waals surface area contributed by atoms with Gasteiger partial charge in [-0.25, -0.2) is 0 Å². The molecule has 0 aliphatic carbocycles. The van der Waals surface area contributed by atoms with Crippen LogP contribution in [-0.2, 0) is 4.79 Å². The van der Waals surface area contributed by atoms with Crippen molar-refractivity contribution in [1.82, 2.24) is 0 Å². The molecule has 1 rings (SSSR count). The molecule has 0 radical (unpaired) electrons. The van der Waals surface area contributed by atoms with E-state index in [0.717, 1.165) is 0 Å². The lowest BCUT2D eigenvalue weighted by atomic mass is 10.3. The van der Waals surface area contributed by atoms with Crippen LogP contribution in [0.2, 0.25) is 5.02 Å². The van der Waals surface area contributed by atoms with E-state index in [0.29, 0.717) is 17.0 Å². The number of rotatable bonds is 2. The largest absolute Gasteiger partial charge is 0.297 e. The number of aliphatic imine (C=N–C) groups is 1. The van der Waals surface area contributed by atoms with Gasteiger partial charge in [0.25, 0.3) is 0 Å². The minimum absolute atomic E-state index is 0.547. The van der Waals surface area contributed by atoms with Crippen molar-refractivity contribution in [3.8, 4) is 0 Å². The molecule has 0 atom stereocenters. The number of nitrogens with zero attached hydrogens (tertiary/aromatic N) is 1. The molecule has 56 valence electrons. The monoisotopic (exact) mass is 167 g/mol. The summed E-state index contributed by atoms with van der Waals surface area (Å²) in [7, 11) is 0. The van der Waals surface area contributed by atoms with Gasteiger partial charge in [-0.2, -0.15) is 0 Å². The van der Waals surface area contributed by atoms with Crippen LogP contribution in [0.5, 0.6) is 0 Å². The van der Waals surface area contributed by atoms with E-state index in [1.54, 1.807) is 12.1 Å². The predicted molar refractivity (Wildman–Crippen MR) is 45.7 cm³/mol. The highest BCUT2D eigenvalue weighted by atomic mass is 35.5. The third-order valence-corrected chi connectivity index (χ3v) is 1.45. The summed E-state index contributed by atoms with van der Waals surface area (Å²) >= 11 is 5.73. The van der Waals surface area contributed by atoms with Crippen LogP contribution in [0.4, 0.5) is 5.69 Å². The van der Waals surface area contributed by atoms with Gasteiger partial charge in [0.2, 0.25) is 0 Å². The van der Waals surface area contributed by atoms with Crippen molar-refractivity contribution in [2.45, 2.75) is 0 Å². The van der Waals surface area contributed by atoms with Crippen molar-refractivity contribution in [3.63, 3.8) is 0 Å². The Balaban J connectivity index is 2.94. The number of carbonyl (C=O) groups excluding carboxylic acids is 1. The van der Waals surface area contributed by atoms with Crippen molar-refractivity contribution >= 4 is 29.8 Å². The van der Waals surface area contributed by atoms with Gasteiger partial charge in [-0.3, -0.25) is 9.79 Å². The van der Waals surface area contributed by atoms with Crippen molar-refractivity contribution in [2.75, 3.05) is 0 Å². The Labute approximate surface area is 69.5 Å². The smallest absolute Gasteiger partial charge is 0.161 e. The molecular weight excluding hydrogens is 162 g/mol. The Hall–Kier alpha value is -1.15. The molecule has 0 N–H and O–H groups in total. The average Bonchev–Trinajstić information content (AvgIpc) is 2.03. The SMILES string of the molecule is O=CC=Nc1ccccc1Cl. The summed E-state index contributed by atoms with van der Waals surface area (Å²) in [5.74, 6) is 0. The standard InChI is InChI=1S/C8H6ClNO/c9-7-3-1-2-4-8(7)10-5-6-11/h1-6H. The first kappa shape index (κ1) is 7.95. The second kappa shape index (κ2) is 3.88. The Morgan fingerprint density at radius 1 is 1.36 bits per heavy atom. The molecular formula is C8H6ClNO. The van der Waals surface area contributed by atoms with Crippen LogP contribution in [0.1, 0.15) is 0 Å². The van der Waals surface area contributed by atoms with E-state index in [1.807, 2.05) is 12.1 Å². The summed E-state index contributed by atoms with van der Waals surface area (Å²) in [6.45, 7) is 0. The molecule has 1 aromatic rings. The van der Waals surface area contributed by atoms with E-state index in [1.165, 1.54) is 6.21 Å². The first-order valence-electron chi connectivity index (χ1n) is 3.07. The summed E-state index contributed by atoms with van der Waals surface area (Å²) in [4.78, 5) is 13.7. The Morgan fingerprint density at radius 2 is 2.09 bits per heavy atom. The van der Waals surface area contributed by atoms with Crippen LogP contribution >= 0.6 is 11.6 Å². The number of benzene rings is 1. The van der Waals surface area contributed by atoms with Crippen molar-refractivity contribution in [3.05, 3.63) is 29.3 Å². The third-order valence-electron chi connectivity index (χ3n) is 1.13. The molecule has 0 saturated heterocycles. The lowest BCUT2D eigenvalue weighted by Gasteiger charge is -1.93. The van der Waals surface area contributed by atoms with Gasteiger partial charge in [0.05, 0.1) is 16.9 Å². The minimum Gasteiger partial charge on any atom is -0.297 e. The fourth-order valence-corrected chi connectivity index (χ4v) is 0.852. The number of para-hydroxylation sites is 1. The molecule has 0 aliphatic rings. The summed E-state index contributed by atoms with van der Waals surface area (Å²) in [6.07, 6.45) is 1.78. The van der Waals surface area contributed by atoms with E-state index >= 15 is 0 Å². The van der Waals surface area contributed by atoms with Crippen LogP contribution in [0, 0.1) is 0 Å². The molecule has 0 fully saturated rings. The zero-order valence-corrected chi connectivity index (χ0v) is 6.45. The quantitative estimate of drug-likeness (QED) is 0.491. The van der Waals surface area contributed by atoms with E-state index < -0.39 is 0 Å². The average molecular weight is 168 g/mol. The zero-order chi connectivity index (χ0) is 8.10. The van der Waals surface area contributed by atoms with Crippen molar-refractivity contribution < 1.29 is 4.79 Å². The van der Waals surface area contributed by atoms with Crippen LogP contribution in [0.3, 0.4) is 0 Å². The lowest BCUT2D eigenvalue weighted by molar-refractivity contribution is -0.102. The number of hydrogen-bond donors (Lipinski definition) is 0. The van der Waals surface area contributed by atoms with Gasteiger partial charge >= 0.3 is 0 Å². The molecule has 11 heavy (non-hydrogen) atoms. The van der Waals surface area contributed by atoms with Gasteiger partial charge in [-0.15, -0.1) is 0 Å². The summed E-state index contributed by atoms with van der Waals surface area (Å²) < 4.78 is 0. The normalized spacial score (nSPS) is 10.3. The highest BCUT2D eigenvalue weighted by molar-refractivity contribution is 6.33. The molecule has 0 heterocycles. The molecule has 0 spiro atoms. The molecule has 3 heteroatoms. The topological polar surface area (TPSA) is 29.4 Å². The Bertz CT molecular complexity index is 283. The summed E-state index contributed by atoms with van der Waals surface area (Å²) in [5, 5.41) is 0.547. The molecule has 0 aromatic heterocycles. The predicted octanol–water partition coefficient (Wildman–Crippen LogP) is 2.24. The minimum atomic E-state index is 0.547. The Morgan fingerprint density at radius 3 is 2.73 bits per heavy atom. The first-order chi connectivity index (χ1) is 5.34. The maximum atomic E-state index is 9.90. The second-order valence-corrected chi connectivity index (χ2v) is 2.27. The molecule has 0 bridgehead atoms. The van der Waals surface area contributed by atoms with Gasteiger partial charge < -0.3 is 0 Å². The number of halogens is 1. The molecule has 1 aromatic carbocycles. The molecule has 0 unspecified atom stereocenters. The van der Waals surface area contributed by atoms with E-state index in [4.69, 9.17) is 11.6 Å². The van der Waals surface area contributed by atoms with Gasteiger partial charge in [-0.05, 0) is 12.1 Å². The van der Waals surface area contributed by atoms with E-state index in [2.05, 4.69) is 4.99 Å². The Kier molecular flexibility index (Phi) is 2.81. The fourth-order valence-electron chi connectivity index (χ4n) is 0.667. The van der Waals surface area contributed by atoms with Crippen LogP contribution in [0.25, 0.3) is 0 Å². The van der Waals surface area contributed by atoms with E-state index in [9.17, 15) is 4.79 Å². The van der Waals surface area contributed by atoms with Crippen LogP contribution in [0.15, 0.2) is 29.3 Å². The van der Waals surface area contributed by atoms with E-state index in [-0.39, 0.29) is 0 Å². The van der Waals surface area contributed by atoms with Gasteiger partial charge in [-0.1, -0.05) is 23.7 Å². The van der Waals surface area contributed by atoms with Gasteiger partial charge in [0.15, 0.2) is 6.29 Å². The highest BCUT2D eigenvalue weighted by Crippen LogP contribution is 2.22. The third kappa shape index (κ3) is 2.16. The highest BCUT2D eigenvalue weighted by Gasteiger charge is 1.92. The number of hydrogen-bond acceptors (Lipinski definition) is 2. The lowest BCUT2D eigenvalue weighted by Crippen LogP contribution is -1.72. The maximum absolute atomic E-state index is 9.90. The maximum Gasteiger partial charge on any atom is 0.161 e. The first-order valence-corrected chi connectivity index (χ1v) is 3.45. The second-order valence-electron chi connectivity index (χ2n) is 1.87. The molecule has 0 amide bonds. The fraction of sp³-hybridized carbons (Fsp3) is 0. The van der Waals surface area contributed by atoms with Crippen LogP contribution < -0.4 is 0 Å². The summed E-state index contributed by atoms with van der Waals surface area (Å²) in [6, 6.07) is 7.08. The zero-order valence-electron chi connectivity index (χ0n) is 5.70. The van der Waals surface area contributed by atoms with Gasteiger partial charge in [0, 0.05) is 0 Å². The summed E-state index contributed by atoms with van der Waals surface area (Å²) in [5.41, 5.74) is 0.612. The van der Waals surface area contributed by atoms with Crippen molar-refractivity contribution in [2.24, 2.45) is 4.99 Å². The molecule has 2 nitrogen and oxygen atoms in total. The van der Waals surface area contributed by atoms with Gasteiger partial charge in [0.1, 0.15) is 0 Å². The number of aldehydes is 1. The molecule has 0 aliphatic heterocycles.